The van der Waals surface area contributed by atoms with Crippen LogP contribution in [0.1, 0.15) is 23.4 Å². The number of allylic oxidation sites excluding steroid dienone is 1. The Kier molecular flexibility index (Phi) is 6.56. The van der Waals surface area contributed by atoms with E-state index in [4.69, 9.17) is 9.84 Å². The lowest BCUT2D eigenvalue weighted by molar-refractivity contribution is -0.113. The minimum absolute atomic E-state index is 0.258. The Bertz CT molecular complexity index is 1400. The Labute approximate surface area is 210 Å². The molecule has 1 aliphatic heterocycles. The number of carbonyl (C=O) groups is 1. The first-order valence-corrected chi connectivity index (χ1v) is 12.7. The zero-order valence-corrected chi connectivity index (χ0v) is 20.6. The number of methoxy groups -OCH3 is 1. The molecule has 1 aliphatic rings. The average molecular weight is 508 g/mol. The molecule has 0 aliphatic carbocycles. The minimum atomic E-state index is -0.462. The Morgan fingerprint density at radius 2 is 2.00 bits per heavy atom. The highest BCUT2D eigenvalue weighted by molar-refractivity contribution is 7.98. The van der Waals surface area contributed by atoms with Crippen LogP contribution in [0.2, 0.25) is 0 Å². The predicted octanol–water partition coefficient (Wildman–Crippen LogP) is 5.71. The van der Waals surface area contributed by atoms with Crippen molar-refractivity contribution >= 4 is 40.6 Å². The lowest BCUT2D eigenvalue weighted by atomic mass is 10.0. The van der Waals surface area contributed by atoms with E-state index in [2.05, 4.69) is 15.6 Å². The summed E-state index contributed by atoms with van der Waals surface area (Å²) in [5, 5.41) is 13.4. The summed E-state index contributed by atoms with van der Waals surface area (Å²) in [5.74, 6) is 0.980. The van der Waals surface area contributed by atoms with Crippen LogP contribution in [0.4, 0.5) is 16.0 Å². The first-order valence-electron chi connectivity index (χ1n) is 10.8. The number of anilines is 2. The van der Waals surface area contributed by atoms with Crippen LogP contribution in [0.3, 0.4) is 0 Å². The van der Waals surface area contributed by atoms with Crippen molar-refractivity contribution in [3.63, 3.8) is 0 Å². The molecule has 2 N–H and O–H groups in total. The van der Waals surface area contributed by atoms with Gasteiger partial charge >= 0.3 is 0 Å². The molecule has 4 aromatic rings. The molecule has 0 unspecified atom stereocenters. The first-order chi connectivity index (χ1) is 17.0. The number of fused-ring (bicyclic) bond motifs is 1. The standard InChI is InChI=1S/C25H22FN5O2S2/c1-15-21(23(32)28-18-10-5-6-11-19(18)33-2)22(20-12-7-13-34-20)31-24(27-15)29-25(30-31)35-14-16-8-3-4-9-17(16)26/h3-13,22H,14H2,1-2H3,(H,28,32)(H,27,29,30)/t22-/m0/s1. The van der Waals surface area contributed by atoms with Gasteiger partial charge in [-0.15, -0.1) is 16.4 Å². The highest BCUT2D eigenvalue weighted by atomic mass is 32.2. The van der Waals surface area contributed by atoms with E-state index in [0.29, 0.717) is 45.1 Å². The molecule has 35 heavy (non-hydrogen) atoms. The quantitative estimate of drug-likeness (QED) is 0.312. The predicted molar refractivity (Wildman–Crippen MR) is 136 cm³/mol. The summed E-state index contributed by atoms with van der Waals surface area (Å²) < 4.78 is 21.2. The van der Waals surface area contributed by atoms with Crippen molar-refractivity contribution in [2.45, 2.75) is 23.9 Å². The summed E-state index contributed by atoms with van der Waals surface area (Å²) >= 11 is 2.88. The number of ether oxygens (including phenoxy) is 1. The number of thiophene rings is 1. The Morgan fingerprint density at radius 3 is 2.77 bits per heavy atom. The zero-order valence-electron chi connectivity index (χ0n) is 19.0. The second kappa shape index (κ2) is 9.93. The van der Waals surface area contributed by atoms with E-state index >= 15 is 0 Å². The maximum Gasteiger partial charge on any atom is 0.256 e. The van der Waals surface area contributed by atoms with Gasteiger partial charge in [0.2, 0.25) is 11.1 Å². The van der Waals surface area contributed by atoms with Crippen LogP contribution in [0.15, 0.2) is 82.5 Å². The fraction of sp³-hybridized carbons (Fsp3) is 0.160. The van der Waals surface area contributed by atoms with Gasteiger partial charge in [-0.2, -0.15) is 4.98 Å². The molecule has 7 nitrogen and oxygen atoms in total. The van der Waals surface area contributed by atoms with Crippen LogP contribution in [-0.2, 0) is 10.5 Å². The van der Waals surface area contributed by atoms with Crippen LogP contribution in [-0.4, -0.2) is 27.8 Å². The maximum absolute atomic E-state index is 14.1. The summed E-state index contributed by atoms with van der Waals surface area (Å²) in [4.78, 5) is 19.1. The Hall–Kier alpha value is -3.63. The number of nitrogens with zero attached hydrogens (tertiary/aromatic N) is 3. The number of amides is 1. The van der Waals surface area contributed by atoms with Gasteiger partial charge in [0.15, 0.2) is 0 Å². The summed E-state index contributed by atoms with van der Waals surface area (Å²) in [6.45, 7) is 1.85. The smallest absolute Gasteiger partial charge is 0.256 e. The third-order valence-electron chi connectivity index (χ3n) is 5.56. The topological polar surface area (TPSA) is 81.1 Å². The second-order valence-electron chi connectivity index (χ2n) is 7.78. The van der Waals surface area contributed by atoms with Crippen molar-refractivity contribution in [2.24, 2.45) is 0 Å². The SMILES string of the molecule is COc1ccccc1NC(=O)C1=C(C)Nc2nc(SCc3ccccc3F)nn2[C@H]1c1cccs1. The fourth-order valence-electron chi connectivity index (χ4n) is 3.89. The van der Waals surface area contributed by atoms with Crippen molar-refractivity contribution in [1.82, 2.24) is 14.8 Å². The number of benzene rings is 2. The van der Waals surface area contributed by atoms with Gasteiger partial charge in [-0.05, 0) is 42.1 Å². The number of aromatic nitrogens is 3. The third-order valence-corrected chi connectivity index (χ3v) is 7.37. The Balaban J connectivity index is 1.46. The molecule has 2 aromatic carbocycles. The number of rotatable bonds is 7. The van der Waals surface area contributed by atoms with Crippen molar-refractivity contribution in [3.8, 4) is 5.75 Å². The third kappa shape index (κ3) is 4.67. The molecule has 3 heterocycles. The molecular weight excluding hydrogens is 485 g/mol. The van der Waals surface area contributed by atoms with Gasteiger partial charge in [0, 0.05) is 16.3 Å². The van der Waals surface area contributed by atoms with Crippen LogP contribution in [0.5, 0.6) is 5.75 Å². The summed E-state index contributed by atoms with van der Waals surface area (Å²) in [7, 11) is 1.56. The monoisotopic (exact) mass is 507 g/mol. The molecule has 0 saturated carbocycles. The fourth-order valence-corrected chi connectivity index (χ4v) is 5.53. The molecular formula is C25H22FN5O2S2. The van der Waals surface area contributed by atoms with E-state index in [1.54, 1.807) is 42.1 Å². The maximum atomic E-state index is 14.1. The average Bonchev–Trinajstić information content (AvgIpc) is 3.53. The van der Waals surface area contributed by atoms with Crippen molar-refractivity contribution in [2.75, 3.05) is 17.7 Å². The van der Waals surface area contributed by atoms with Gasteiger partial charge in [-0.25, -0.2) is 9.07 Å². The highest BCUT2D eigenvalue weighted by Crippen LogP contribution is 2.39. The van der Waals surface area contributed by atoms with Gasteiger partial charge < -0.3 is 15.4 Å². The molecule has 178 valence electrons. The van der Waals surface area contributed by atoms with Crippen LogP contribution >= 0.6 is 23.1 Å². The van der Waals surface area contributed by atoms with E-state index in [-0.39, 0.29) is 11.7 Å². The number of thioether (sulfide) groups is 1. The lowest BCUT2D eigenvalue weighted by Gasteiger charge is -2.27. The zero-order chi connectivity index (χ0) is 24.4. The van der Waals surface area contributed by atoms with E-state index < -0.39 is 6.04 Å². The van der Waals surface area contributed by atoms with Crippen LogP contribution < -0.4 is 15.4 Å². The molecule has 0 fully saturated rings. The Morgan fingerprint density at radius 1 is 1.20 bits per heavy atom. The highest BCUT2D eigenvalue weighted by Gasteiger charge is 2.35. The van der Waals surface area contributed by atoms with Gasteiger partial charge in [-0.3, -0.25) is 4.79 Å². The van der Waals surface area contributed by atoms with Gasteiger partial charge in [-0.1, -0.05) is 48.2 Å². The molecule has 0 spiro atoms. The largest absolute Gasteiger partial charge is 0.495 e. The van der Waals surface area contributed by atoms with Gasteiger partial charge in [0.25, 0.3) is 5.91 Å². The van der Waals surface area contributed by atoms with Crippen LogP contribution in [0, 0.1) is 5.82 Å². The number of nitrogens with one attached hydrogen (secondary N) is 2. The van der Waals surface area contributed by atoms with E-state index in [1.807, 2.05) is 36.6 Å². The summed E-state index contributed by atoms with van der Waals surface area (Å²) in [5.41, 5.74) is 2.37. The lowest BCUT2D eigenvalue weighted by Crippen LogP contribution is -2.31. The number of hydrogen-bond acceptors (Lipinski definition) is 7. The number of carbonyl (C=O) groups excluding carboxylic acids is 1. The number of para-hydroxylation sites is 2. The van der Waals surface area contributed by atoms with E-state index in [1.165, 1.54) is 29.2 Å². The van der Waals surface area contributed by atoms with Crippen molar-refractivity contribution in [1.29, 1.82) is 0 Å². The van der Waals surface area contributed by atoms with E-state index in [0.717, 1.165) is 4.88 Å². The molecule has 10 heteroatoms. The van der Waals surface area contributed by atoms with Crippen molar-refractivity contribution in [3.05, 3.63) is 93.6 Å². The molecule has 0 radical (unpaired) electrons. The van der Waals surface area contributed by atoms with Crippen LogP contribution in [0.25, 0.3) is 0 Å². The first kappa shape index (κ1) is 23.1. The summed E-state index contributed by atoms with van der Waals surface area (Å²) in [6, 6.07) is 17.4. The normalized spacial score (nSPS) is 14.9. The minimum Gasteiger partial charge on any atom is -0.495 e. The van der Waals surface area contributed by atoms with Gasteiger partial charge in [0.05, 0.1) is 18.4 Å². The molecule has 2 aromatic heterocycles. The summed E-state index contributed by atoms with van der Waals surface area (Å²) in [6.07, 6.45) is 0. The van der Waals surface area contributed by atoms with Crippen molar-refractivity contribution < 1.29 is 13.9 Å². The molecule has 1 atom stereocenters. The molecule has 5 rings (SSSR count). The van der Waals surface area contributed by atoms with Gasteiger partial charge in [0.1, 0.15) is 17.6 Å². The molecule has 0 saturated heterocycles. The molecule has 1 amide bonds. The second-order valence-corrected chi connectivity index (χ2v) is 9.70. The molecule has 0 bridgehead atoms. The van der Waals surface area contributed by atoms with E-state index in [9.17, 15) is 9.18 Å². The number of halogens is 1. The number of hydrogen-bond donors (Lipinski definition) is 2.